The summed E-state index contributed by atoms with van der Waals surface area (Å²) in [5.41, 5.74) is 0.945. The maximum atomic E-state index is 12.7. The number of fused-ring (bicyclic) bond motifs is 1. The number of aryl methyl sites for hydroxylation is 1. The summed E-state index contributed by atoms with van der Waals surface area (Å²) in [6.45, 7) is 4.16. The molecule has 0 aliphatic carbocycles. The van der Waals surface area contributed by atoms with Crippen LogP contribution < -0.4 is 5.32 Å². The Morgan fingerprint density at radius 1 is 1.35 bits per heavy atom. The van der Waals surface area contributed by atoms with Gasteiger partial charge in [0.15, 0.2) is 0 Å². The molecule has 0 aromatic heterocycles. The number of halogens is 1. The molecule has 2 fully saturated rings. The van der Waals surface area contributed by atoms with Crippen LogP contribution in [0.4, 0.5) is 0 Å². The Morgan fingerprint density at radius 3 is 2.85 bits per heavy atom. The van der Waals surface area contributed by atoms with Crippen LogP contribution in [0, 0.1) is 12.8 Å². The van der Waals surface area contributed by atoms with Crippen LogP contribution in [0.2, 0.25) is 0 Å². The molecule has 20 heavy (non-hydrogen) atoms. The van der Waals surface area contributed by atoms with E-state index in [1.54, 1.807) is 16.4 Å². The second-order valence-corrected chi connectivity index (χ2v) is 8.49. The first-order chi connectivity index (χ1) is 9.48. The molecule has 1 aromatic rings. The van der Waals surface area contributed by atoms with Gasteiger partial charge in [0.2, 0.25) is 10.0 Å². The van der Waals surface area contributed by atoms with Crippen molar-refractivity contribution in [2.75, 3.05) is 19.6 Å². The molecular weight excluding hydrogens is 340 g/mol. The lowest BCUT2D eigenvalue weighted by atomic mass is 9.94. The standard InChI is InChI=1S/C14H19BrN2O2S/c1-10-7-12(4-5-13(10)15)20(18,19)17-8-11-3-2-6-16-14(11)9-17/h4-5,7,11,14,16H,2-3,6,8-9H2,1H3/t11-,14+/m0/s1. The minimum absolute atomic E-state index is 0.329. The van der Waals surface area contributed by atoms with Crippen LogP contribution in [0.25, 0.3) is 0 Å². The Kier molecular flexibility index (Phi) is 3.92. The highest BCUT2D eigenvalue weighted by Gasteiger charge is 2.40. The normalized spacial score (nSPS) is 27.5. The number of sulfonamides is 1. The predicted molar refractivity (Wildman–Crippen MR) is 82.2 cm³/mol. The fourth-order valence-corrected chi connectivity index (χ4v) is 4.99. The molecule has 2 aliphatic rings. The second-order valence-electron chi connectivity index (χ2n) is 5.70. The first-order valence-corrected chi connectivity index (χ1v) is 9.21. The molecule has 110 valence electrons. The van der Waals surface area contributed by atoms with Gasteiger partial charge in [0.05, 0.1) is 4.90 Å². The molecule has 3 rings (SSSR count). The molecule has 2 atom stereocenters. The zero-order valence-corrected chi connectivity index (χ0v) is 13.9. The lowest BCUT2D eigenvalue weighted by Gasteiger charge is -2.24. The van der Waals surface area contributed by atoms with Crippen LogP contribution in [0.15, 0.2) is 27.6 Å². The quantitative estimate of drug-likeness (QED) is 0.880. The van der Waals surface area contributed by atoms with Crippen LogP contribution in [-0.2, 0) is 10.0 Å². The van der Waals surface area contributed by atoms with E-state index in [9.17, 15) is 8.42 Å². The first kappa shape index (κ1) is 14.5. The van der Waals surface area contributed by atoms with Gasteiger partial charge in [0, 0.05) is 23.6 Å². The van der Waals surface area contributed by atoms with Crippen molar-refractivity contribution in [1.82, 2.24) is 9.62 Å². The molecule has 0 spiro atoms. The average molecular weight is 359 g/mol. The molecule has 2 heterocycles. The molecule has 0 radical (unpaired) electrons. The van der Waals surface area contributed by atoms with Crippen molar-refractivity contribution < 1.29 is 8.42 Å². The summed E-state index contributed by atoms with van der Waals surface area (Å²) < 4.78 is 28.0. The van der Waals surface area contributed by atoms with E-state index in [2.05, 4.69) is 21.2 Å². The third-order valence-corrected chi connectivity index (χ3v) is 7.05. The molecule has 0 bridgehead atoms. The molecule has 4 nitrogen and oxygen atoms in total. The van der Waals surface area contributed by atoms with E-state index >= 15 is 0 Å². The van der Waals surface area contributed by atoms with Gasteiger partial charge < -0.3 is 5.32 Å². The van der Waals surface area contributed by atoms with Gasteiger partial charge in [-0.1, -0.05) is 15.9 Å². The maximum Gasteiger partial charge on any atom is 0.243 e. The van der Waals surface area contributed by atoms with E-state index in [1.165, 1.54) is 0 Å². The number of hydrogen-bond acceptors (Lipinski definition) is 3. The van der Waals surface area contributed by atoms with E-state index in [4.69, 9.17) is 0 Å². The van der Waals surface area contributed by atoms with Crippen LogP contribution in [-0.4, -0.2) is 38.4 Å². The van der Waals surface area contributed by atoms with E-state index in [0.29, 0.717) is 29.9 Å². The van der Waals surface area contributed by atoms with Gasteiger partial charge in [0.25, 0.3) is 0 Å². The van der Waals surface area contributed by atoms with Gasteiger partial charge in [-0.05, 0) is 56.0 Å². The summed E-state index contributed by atoms with van der Waals surface area (Å²) in [5.74, 6) is 0.468. The maximum absolute atomic E-state index is 12.7. The molecule has 0 saturated carbocycles. The number of nitrogens with zero attached hydrogens (tertiary/aromatic N) is 1. The van der Waals surface area contributed by atoms with Crippen molar-refractivity contribution in [3.8, 4) is 0 Å². The molecular formula is C14H19BrN2O2S. The second kappa shape index (κ2) is 5.40. The highest BCUT2D eigenvalue weighted by atomic mass is 79.9. The van der Waals surface area contributed by atoms with Crippen molar-refractivity contribution in [3.63, 3.8) is 0 Å². The van der Waals surface area contributed by atoms with Gasteiger partial charge in [0.1, 0.15) is 0 Å². The van der Waals surface area contributed by atoms with Crippen LogP contribution >= 0.6 is 15.9 Å². The van der Waals surface area contributed by atoms with E-state index in [0.717, 1.165) is 29.4 Å². The van der Waals surface area contributed by atoms with Crippen LogP contribution in [0.1, 0.15) is 18.4 Å². The summed E-state index contributed by atoms with van der Waals surface area (Å²) in [6, 6.07) is 5.57. The number of piperidine rings is 1. The van der Waals surface area contributed by atoms with E-state index in [1.807, 2.05) is 13.0 Å². The van der Waals surface area contributed by atoms with Crippen LogP contribution in [0.5, 0.6) is 0 Å². The van der Waals surface area contributed by atoms with Crippen LogP contribution in [0.3, 0.4) is 0 Å². The van der Waals surface area contributed by atoms with Crippen molar-refractivity contribution in [2.24, 2.45) is 5.92 Å². The fraction of sp³-hybridized carbons (Fsp3) is 0.571. The molecule has 1 aromatic carbocycles. The van der Waals surface area contributed by atoms with Gasteiger partial charge in [-0.3, -0.25) is 0 Å². The molecule has 1 N–H and O–H groups in total. The first-order valence-electron chi connectivity index (χ1n) is 6.98. The zero-order chi connectivity index (χ0) is 14.3. The Hall–Kier alpha value is -0.430. The number of hydrogen-bond donors (Lipinski definition) is 1. The molecule has 0 amide bonds. The molecule has 0 unspecified atom stereocenters. The van der Waals surface area contributed by atoms with Crippen molar-refractivity contribution in [1.29, 1.82) is 0 Å². The summed E-state index contributed by atoms with van der Waals surface area (Å²) in [6.07, 6.45) is 2.27. The summed E-state index contributed by atoms with van der Waals surface area (Å²) in [5, 5.41) is 3.44. The largest absolute Gasteiger partial charge is 0.312 e. The van der Waals surface area contributed by atoms with Crippen molar-refractivity contribution >= 4 is 26.0 Å². The third kappa shape index (κ3) is 2.54. The van der Waals surface area contributed by atoms with Gasteiger partial charge >= 0.3 is 0 Å². The zero-order valence-electron chi connectivity index (χ0n) is 11.5. The third-order valence-electron chi connectivity index (χ3n) is 4.33. The van der Waals surface area contributed by atoms with Gasteiger partial charge in [-0.25, -0.2) is 8.42 Å². The number of benzene rings is 1. The summed E-state index contributed by atoms with van der Waals surface area (Å²) in [7, 11) is -3.36. The summed E-state index contributed by atoms with van der Waals surface area (Å²) in [4.78, 5) is 0.400. The highest BCUT2D eigenvalue weighted by Crippen LogP contribution is 2.30. The topological polar surface area (TPSA) is 49.4 Å². The molecule has 6 heteroatoms. The lowest BCUT2D eigenvalue weighted by Crippen LogP contribution is -2.41. The Morgan fingerprint density at radius 2 is 2.15 bits per heavy atom. The van der Waals surface area contributed by atoms with Gasteiger partial charge in [-0.2, -0.15) is 4.31 Å². The number of rotatable bonds is 2. The van der Waals surface area contributed by atoms with E-state index in [-0.39, 0.29) is 0 Å². The van der Waals surface area contributed by atoms with E-state index < -0.39 is 10.0 Å². The Balaban J connectivity index is 1.86. The Bertz CT molecular complexity index is 604. The van der Waals surface area contributed by atoms with Crippen molar-refractivity contribution in [3.05, 3.63) is 28.2 Å². The fourth-order valence-electron chi connectivity index (χ4n) is 3.13. The molecule has 2 aliphatic heterocycles. The minimum atomic E-state index is -3.36. The monoisotopic (exact) mass is 358 g/mol. The SMILES string of the molecule is Cc1cc(S(=O)(=O)N2C[C@@H]3CCCN[C@@H]3C2)ccc1Br. The van der Waals surface area contributed by atoms with Gasteiger partial charge in [-0.15, -0.1) is 0 Å². The lowest BCUT2D eigenvalue weighted by molar-refractivity contribution is 0.339. The molecule has 2 saturated heterocycles. The average Bonchev–Trinajstić information content (AvgIpc) is 2.86. The highest BCUT2D eigenvalue weighted by molar-refractivity contribution is 9.10. The minimum Gasteiger partial charge on any atom is -0.312 e. The Labute approximate surface area is 128 Å². The van der Waals surface area contributed by atoms with Crippen molar-refractivity contribution in [2.45, 2.75) is 30.7 Å². The predicted octanol–water partition coefficient (Wildman–Crippen LogP) is 2.13. The smallest absolute Gasteiger partial charge is 0.243 e. The number of nitrogens with one attached hydrogen (secondary N) is 1. The summed E-state index contributed by atoms with van der Waals surface area (Å²) >= 11 is 3.41.